The second kappa shape index (κ2) is 4.87. The molecule has 0 aliphatic rings. The van der Waals surface area contributed by atoms with E-state index in [0.29, 0.717) is 16.6 Å². The molecule has 5 heteroatoms. The van der Waals surface area contributed by atoms with Gasteiger partial charge in [0.05, 0.1) is 17.0 Å². The highest BCUT2D eigenvalue weighted by molar-refractivity contribution is 6.36. The van der Waals surface area contributed by atoms with Gasteiger partial charge in [-0.2, -0.15) is 0 Å². The van der Waals surface area contributed by atoms with E-state index < -0.39 is 0 Å². The summed E-state index contributed by atoms with van der Waals surface area (Å²) in [6.07, 6.45) is 2.39. The van der Waals surface area contributed by atoms with Gasteiger partial charge in [-0.1, -0.05) is 23.2 Å². The fourth-order valence-electron chi connectivity index (χ4n) is 1.57. The highest BCUT2D eigenvalue weighted by Crippen LogP contribution is 2.30. The van der Waals surface area contributed by atoms with Crippen LogP contribution in [0.5, 0.6) is 0 Å². The Morgan fingerprint density at radius 2 is 2.12 bits per heavy atom. The average Bonchev–Trinajstić information content (AvgIpc) is 2.67. The van der Waals surface area contributed by atoms with E-state index in [4.69, 9.17) is 28.9 Å². The molecule has 0 spiro atoms. The molecule has 0 fully saturated rings. The lowest BCUT2D eigenvalue weighted by Gasteiger charge is -2.04. The van der Waals surface area contributed by atoms with E-state index in [0.717, 1.165) is 23.4 Å². The van der Waals surface area contributed by atoms with Crippen molar-refractivity contribution in [2.45, 2.75) is 6.42 Å². The molecule has 0 saturated heterocycles. The second-order valence-electron chi connectivity index (χ2n) is 3.39. The minimum atomic E-state index is 0.570. The van der Waals surface area contributed by atoms with Crippen molar-refractivity contribution in [1.29, 1.82) is 0 Å². The summed E-state index contributed by atoms with van der Waals surface area (Å²) in [5, 5.41) is 1.21. The van der Waals surface area contributed by atoms with Gasteiger partial charge in [-0.15, -0.1) is 0 Å². The van der Waals surface area contributed by atoms with Crippen molar-refractivity contribution in [3.63, 3.8) is 0 Å². The van der Waals surface area contributed by atoms with Crippen molar-refractivity contribution in [2.75, 3.05) is 6.54 Å². The minimum Gasteiger partial charge on any atom is -0.348 e. The number of H-pyrrole nitrogens is 1. The second-order valence-corrected chi connectivity index (χ2v) is 4.24. The molecule has 0 aliphatic carbocycles. The Hall–Kier alpha value is -1.03. The molecule has 3 nitrogen and oxygen atoms in total. The molecule has 1 aromatic heterocycles. The number of halogens is 2. The molecule has 2 aromatic rings. The molecule has 16 heavy (non-hydrogen) atoms. The standard InChI is InChI=1S/C11H11Cl2N3/c12-7-1-2-8(9(13)5-7)11-10(3-4-14)15-6-16-11/h1-2,5-6H,3-4,14H2,(H,15,16). The first-order chi connectivity index (χ1) is 7.72. The van der Waals surface area contributed by atoms with Gasteiger partial charge >= 0.3 is 0 Å². The number of aromatic nitrogens is 2. The van der Waals surface area contributed by atoms with E-state index in [9.17, 15) is 0 Å². The normalized spacial score (nSPS) is 10.7. The molecule has 0 amide bonds. The van der Waals surface area contributed by atoms with Gasteiger partial charge in [-0.05, 0) is 24.7 Å². The van der Waals surface area contributed by atoms with Crippen molar-refractivity contribution in [3.8, 4) is 11.3 Å². The van der Waals surface area contributed by atoms with Crippen LogP contribution in [-0.4, -0.2) is 16.5 Å². The Labute approximate surface area is 104 Å². The van der Waals surface area contributed by atoms with Crippen LogP contribution in [-0.2, 0) is 6.42 Å². The first-order valence-corrected chi connectivity index (χ1v) is 5.65. The van der Waals surface area contributed by atoms with Gasteiger partial charge in [0, 0.05) is 22.7 Å². The van der Waals surface area contributed by atoms with Gasteiger partial charge in [-0.25, -0.2) is 4.98 Å². The third-order valence-electron chi connectivity index (χ3n) is 2.30. The molecule has 0 aliphatic heterocycles. The SMILES string of the molecule is NCCc1[nH]cnc1-c1ccc(Cl)cc1Cl. The van der Waals surface area contributed by atoms with E-state index in [1.54, 1.807) is 18.5 Å². The number of hydrogen-bond acceptors (Lipinski definition) is 2. The van der Waals surface area contributed by atoms with Crippen LogP contribution in [0.1, 0.15) is 5.69 Å². The molecule has 1 heterocycles. The van der Waals surface area contributed by atoms with Crippen molar-refractivity contribution in [1.82, 2.24) is 9.97 Å². The Morgan fingerprint density at radius 3 is 2.81 bits per heavy atom. The van der Waals surface area contributed by atoms with E-state index >= 15 is 0 Å². The maximum atomic E-state index is 6.12. The summed E-state index contributed by atoms with van der Waals surface area (Å²) in [7, 11) is 0. The maximum absolute atomic E-state index is 6.12. The van der Waals surface area contributed by atoms with E-state index in [2.05, 4.69) is 9.97 Å². The Bertz CT molecular complexity index is 494. The number of nitrogens with zero attached hydrogens (tertiary/aromatic N) is 1. The molecule has 1 aromatic carbocycles. The molecule has 84 valence electrons. The molecule has 0 bridgehead atoms. The largest absolute Gasteiger partial charge is 0.348 e. The zero-order chi connectivity index (χ0) is 11.5. The fourth-order valence-corrected chi connectivity index (χ4v) is 2.07. The van der Waals surface area contributed by atoms with E-state index in [1.807, 2.05) is 6.07 Å². The predicted molar refractivity (Wildman–Crippen MR) is 66.8 cm³/mol. The summed E-state index contributed by atoms with van der Waals surface area (Å²) >= 11 is 12.0. The molecule has 0 saturated carbocycles. The fraction of sp³-hybridized carbons (Fsp3) is 0.182. The van der Waals surface area contributed by atoms with Gasteiger partial charge in [0.2, 0.25) is 0 Å². The lowest BCUT2D eigenvalue weighted by atomic mass is 10.1. The Morgan fingerprint density at radius 1 is 1.31 bits per heavy atom. The first-order valence-electron chi connectivity index (χ1n) is 4.90. The number of rotatable bonds is 3. The maximum Gasteiger partial charge on any atom is 0.0929 e. The topological polar surface area (TPSA) is 54.7 Å². The van der Waals surface area contributed by atoms with Gasteiger partial charge in [0.15, 0.2) is 0 Å². The molecular weight excluding hydrogens is 245 g/mol. The predicted octanol–water partition coefficient (Wildman–Crippen LogP) is 2.88. The van der Waals surface area contributed by atoms with Crippen molar-refractivity contribution < 1.29 is 0 Å². The van der Waals surface area contributed by atoms with Crippen LogP contribution in [0.25, 0.3) is 11.3 Å². The molecular formula is C11H11Cl2N3. The number of benzene rings is 1. The average molecular weight is 256 g/mol. The lowest BCUT2D eigenvalue weighted by molar-refractivity contribution is 0.937. The summed E-state index contributed by atoms with van der Waals surface area (Å²) in [6.45, 7) is 0.570. The highest BCUT2D eigenvalue weighted by atomic mass is 35.5. The van der Waals surface area contributed by atoms with Gasteiger partial charge in [-0.3, -0.25) is 0 Å². The summed E-state index contributed by atoms with van der Waals surface area (Å²) in [5.74, 6) is 0. The van der Waals surface area contributed by atoms with Crippen LogP contribution in [0.4, 0.5) is 0 Å². The molecule has 0 atom stereocenters. The molecule has 0 unspecified atom stereocenters. The Kier molecular flexibility index (Phi) is 3.49. The van der Waals surface area contributed by atoms with Crippen LogP contribution in [0.2, 0.25) is 10.0 Å². The molecule has 2 rings (SSSR count). The molecule has 0 radical (unpaired) electrons. The summed E-state index contributed by atoms with van der Waals surface area (Å²) in [4.78, 5) is 7.32. The third kappa shape index (κ3) is 2.21. The summed E-state index contributed by atoms with van der Waals surface area (Å²) in [5.41, 5.74) is 8.23. The van der Waals surface area contributed by atoms with Gasteiger partial charge < -0.3 is 10.7 Å². The van der Waals surface area contributed by atoms with Crippen LogP contribution < -0.4 is 5.73 Å². The Balaban J connectivity index is 2.46. The number of imidazole rings is 1. The summed E-state index contributed by atoms with van der Waals surface area (Å²) < 4.78 is 0. The van der Waals surface area contributed by atoms with E-state index in [1.165, 1.54) is 0 Å². The monoisotopic (exact) mass is 255 g/mol. The minimum absolute atomic E-state index is 0.570. The van der Waals surface area contributed by atoms with Crippen molar-refractivity contribution in [2.24, 2.45) is 5.73 Å². The van der Waals surface area contributed by atoms with Crippen LogP contribution >= 0.6 is 23.2 Å². The molecule has 3 N–H and O–H groups in total. The van der Waals surface area contributed by atoms with E-state index in [-0.39, 0.29) is 0 Å². The van der Waals surface area contributed by atoms with Crippen molar-refractivity contribution >= 4 is 23.2 Å². The number of aromatic amines is 1. The lowest BCUT2D eigenvalue weighted by Crippen LogP contribution is -2.04. The smallest absolute Gasteiger partial charge is 0.0929 e. The van der Waals surface area contributed by atoms with Gasteiger partial charge in [0.1, 0.15) is 0 Å². The number of hydrogen-bond donors (Lipinski definition) is 2. The van der Waals surface area contributed by atoms with Crippen LogP contribution in [0.3, 0.4) is 0 Å². The van der Waals surface area contributed by atoms with Crippen LogP contribution in [0.15, 0.2) is 24.5 Å². The third-order valence-corrected chi connectivity index (χ3v) is 2.85. The summed E-state index contributed by atoms with van der Waals surface area (Å²) in [6, 6.07) is 5.36. The number of nitrogens with one attached hydrogen (secondary N) is 1. The first kappa shape index (κ1) is 11.5. The van der Waals surface area contributed by atoms with Crippen LogP contribution in [0, 0.1) is 0 Å². The zero-order valence-corrected chi connectivity index (χ0v) is 10.0. The highest BCUT2D eigenvalue weighted by Gasteiger charge is 2.11. The zero-order valence-electron chi connectivity index (χ0n) is 8.50. The van der Waals surface area contributed by atoms with Crippen molar-refractivity contribution in [3.05, 3.63) is 40.3 Å². The number of nitrogens with two attached hydrogens (primary N) is 1. The van der Waals surface area contributed by atoms with Gasteiger partial charge in [0.25, 0.3) is 0 Å². The quantitative estimate of drug-likeness (QED) is 0.887.